The zero-order chi connectivity index (χ0) is 19.2. The van der Waals surface area contributed by atoms with Crippen LogP contribution in [0.3, 0.4) is 0 Å². The lowest BCUT2D eigenvalue weighted by Gasteiger charge is -2.08. The number of hydrazine groups is 1. The van der Waals surface area contributed by atoms with Gasteiger partial charge in [-0.3, -0.25) is 20.4 Å². The molecule has 1 aromatic heterocycles. The van der Waals surface area contributed by atoms with E-state index in [1.165, 1.54) is 6.07 Å². The first-order valence-electron chi connectivity index (χ1n) is 8.16. The lowest BCUT2D eigenvalue weighted by Crippen LogP contribution is -2.43. The molecule has 0 unspecified atom stereocenters. The van der Waals surface area contributed by atoms with E-state index >= 15 is 0 Å². The molecule has 0 saturated heterocycles. The number of carbonyl (C=O) groups excluding carboxylic acids is 2. The van der Waals surface area contributed by atoms with Crippen molar-refractivity contribution in [3.8, 4) is 17.1 Å². The summed E-state index contributed by atoms with van der Waals surface area (Å²) in [4.78, 5) is 23.9. The molecule has 3 rings (SSSR count). The second-order valence-corrected chi connectivity index (χ2v) is 6.16. The van der Waals surface area contributed by atoms with Crippen LogP contribution < -0.4 is 15.6 Å². The average molecular weight is 385 g/mol. The number of hydrogen-bond donors (Lipinski definition) is 2. The van der Waals surface area contributed by atoms with E-state index in [0.717, 1.165) is 5.56 Å². The number of amides is 2. The quantitative estimate of drug-likeness (QED) is 0.656. The van der Waals surface area contributed by atoms with Crippen molar-refractivity contribution in [3.63, 3.8) is 0 Å². The maximum absolute atomic E-state index is 12.1. The summed E-state index contributed by atoms with van der Waals surface area (Å²) < 4.78 is 10.9. The number of rotatable bonds is 5. The molecule has 0 aliphatic carbocycles. The summed E-state index contributed by atoms with van der Waals surface area (Å²) in [7, 11) is 0. The molecule has 0 bridgehead atoms. The summed E-state index contributed by atoms with van der Waals surface area (Å²) in [6.45, 7) is 1.69. The third-order valence-corrected chi connectivity index (χ3v) is 3.97. The third-order valence-electron chi connectivity index (χ3n) is 3.64. The number of hydrogen-bond acceptors (Lipinski definition) is 4. The van der Waals surface area contributed by atoms with Gasteiger partial charge in [0, 0.05) is 5.56 Å². The van der Waals surface area contributed by atoms with Gasteiger partial charge in [-0.2, -0.15) is 0 Å². The topological polar surface area (TPSA) is 80.6 Å². The van der Waals surface area contributed by atoms with Gasteiger partial charge in [-0.05, 0) is 48.9 Å². The molecule has 3 aromatic rings. The van der Waals surface area contributed by atoms with Gasteiger partial charge in [0.05, 0.1) is 5.02 Å². The van der Waals surface area contributed by atoms with Gasteiger partial charge in [0.2, 0.25) is 0 Å². The van der Waals surface area contributed by atoms with Crippen LogP contribution in [0, 0.1) is 6.92 Å². The summed E-state index contributed by atoms with van der Waals surface area (Å²) in [6.07, 6.45) is 0. The molecule has 2 amide bonds. The first-order chi connectivity index (χ1) is 13.0. The maximum Gasteiger partial charge on any atom is 0.305 e. The van der Waals surface area contributed by atoms with Crippen LogP contribution in [-0.4, -0.2) is 18.4 Å². The van der Waals surface area contributed by atoms with E-state index in [1.54, 1.807) is 30.3 Å². The van der Waals surface area contributed by atoms with E-state index in [0.29, 0.717) is 22.1 Å². The fourth-order valence-electron chi connectivity index (χ4n) is 2.34. The molecule has 1 heterocycles. The predicted molar refractivity (Wildman–Crippen MR) is 101 cm³/mol. The van der Waals surface area contributed by atoms with E-state index in [4.69, 9.17) is 20.8 Å². The number of ether oxygens (including phenoxy) is 1. The Balaban J connectivity index is 1.52. The Hall–Kier alpha value is -3.25. The summed E-state index contributed by atoms with van der Waals surface area (Å²) in [5, 5.41) is 0.514. The first kappa shape index (κ1) is 18.5. The van der Waals surface area contributed by atoms with Crippen LogP contribution in [0.2, 0.25) is 5.02 Å². The monoisotopic (exact) mass is 384 g/mol. The molecule has 0 aliphatic rings. The molecule has 138 valence electrons. The molecule has 0 saturated carbocycles. The largest absolute Gasteiger partial charge is 0.484 e. The second kappa shape index (κ2) is 8.42. The highest BCUT2D eigenvalue weighted by molar-refractivity contribution is 6.33. The minimum atomic E-state index is -0.586. The second-order valence-electron chi connectivity index (χ2n) is 5.75. The summed E-state index contributed by atoms with van der Waals surface area (Å²) in [5.41, 5.74) is 6.25. The minimum Gasteiger partial charge on any atom is -0.484 e. The van der Waals surface area contributed by atoms with Gasteiger partial charge < -0.3 is 9.15 Å². The minimum absolute atomic E-state index is 0.0461. The SMILES string of the molecule is Cc1cccc(OCC(=O)NNC(=O)c2ccc(-c3ccccc3Cl)o2)c1. The predicted octanol–water partition coefficient (Wildman–Crippen LogP) is 3.75. The highest BCUT2D eigenvalue weighted by atomic mass is 35.5. The third kappa shape index (κ3) is 4.89. The number of benzene rings is 2. The zero-order valence-electron chi connectivity index (χ0n) is 14.5. The Kier molecular flexibility index (Phi) is 5.78. The number of nitrogens with one attached hydrogen (secondary N) is 2. The zero-order valence-corrected chi connectivity index (χ0v) is 15.2. The molecular formula is C20H17ClN2O4. The lowest BCUT2D eigenvalue weighted by atomic mass is 10.2. The van der Waals surface area contributed by atoms with Crippen LogP contribution in [0.25, 0.3) is 11.3 Å². The van der Waals surface area contributed by atoms with Crippen molar-refractivity contribution >= 4 is 23.4 Å². The van der Waals surface area contributed by atoms with Crippen molar-refractivity contribution in [2.75, 3.05) is 6.61 Å². The number of furan rings is 1. The lowest BCUT2D eigenvalue weighted by molar-refractivity contribution is -0.123. The molecule has 2 N–H and O–H groups in total. The molecule has 0 radical (unpaired) electrons. The van der Waals surface area contributed by atoms with Crippen LogP contribution in [0.4, 0.5) is 0 Å². The Morgan fingerprint density at radius 2 is 1.85 bits per heavy atom. The molecular weight excluding hydrogens is 368 g/mol. The smallest absolute Gasteiger partial charge is 0.305 e. The standard InChI is InChI=1S/C20H17ClN2O4/c1-13-5-4-6-14(11-13)26-12-19(24)22-23-20(25)18-10-9-17(27-18)15-7-2-3-8-16(15)21/h2-11H,12H2,1H3,(H,22,24)(H,23,25). The molecule has 2 aromatic carbocycles. The van der Waals surface area contributed by atoms with Crippen molar-refractivity contribution in [1.29, 1.82) is 0 Å². The summed E-state index contributed by atoms with van der Waals surface area (Å²) >= 11 is 6.11. The van der Waals surface area contributed by atoms with Gasteiger partial charge in [0.1, 0.15) is 11.5 Å². The van der Waals surface area contributed by atoms with Crippen LogP contribution in [0.1, 0.15) is 16.1 Å². The normalized spacial score (nSPS) is 10.3. The maximum atomic E-state index is 12.1. The Morgan fingerprint density at radius 1 is 1.04 bits per heavy atom. The fourth-order valence-corrected chi connectivity index (χ4v) is 2.57. The number of halogens is 1. The van der Waals surface area contributed by atoms with Gasteiger partial charge in [-0.25, -0.2) is 0 Å². The van der Waals surface area contributed by atoms with Crippen molar-refractivity contribution < 1.29 is 18.7 Å². The van der Waals surface area contributed by atoms with E-state index in [9.17, 15) is 9.59 Å². The van der Waals surface area contributed by atoms with E-state index in [2.05, 4.69) is 10.9 Å². The van der Waals surface area contributed by atoms with Gasteiger partial charge in [-0.1, -0.05) is 35.9 Å². The Bertz CT molecular complexity index is 968. The fraction of sp³-hybridized carbons (Fsp3) is 0.100. The first-order valence-corrected chi connectivity index (χ1v) is 8.54. The van der Waals surface area contributed by atoms with Gasteiger partial charge in [0.15, 0.2) is 12.4 Å². The molecule has 7 heteroatoms. The summed E-state index contributed by atoms with van der Waals surface area (Å²) in [6, 6.07) is 17.6. The molecule has 0 aliphatic heterocycles. The van der Waals surface area contributed by atoms with Crippen LogP contribution >= 0.6 is 11.6 Å². The molecule has 0 fully saturated rings. The average Bonchev–Trinajstić information content (AvgIpc) is 3.15. The van der Waals surface area contributed by atoms with E-state index in [1.807, 2.05) is 31.2 Å². The Morgan fingerprint density at radius 3 is 2.63 bits per heavy atom. The highest BCUT2D eigenvalue weighted by Gasteiger charge is 2.14. The number of carbonyl (C=O) groups is 2. The van der Waals surface area contributed by atoms with E-state index < -0.39 is 11.8 Å². The highest BCUT2D eigenvalue weighted by Crippen LogP contribution is 2.28. The summed E-state index contributed by atoms with van der Waals surface area (Å²) in [5.74, 6) is -0.00322. The van der Waals surface area contributed by atoms with Crippen molar-refractivity contribution in [3.05, 3.63) is 77.0 Å². The van der Waals surface area contributed by atoms with Crippen molar-refractivity contribution in [2.45, 2.75) is 6.92 Å². The van der Waals surface area contributed by atoms with Crippen LogP contribution in [0.15, 0.2) is 65.1 Å². The van der Waals surface area contributed by atoms with E-state index in [-0.39, 0.29) is 12.4 Å². The van der Waals surface area contributed by atoms with Gasteiger partial charge in [0.25, 0.3) is 5.91 Å². The van der Waals surface area contributed by atoms with Crippen molar-refractivity contribution in [1.82, 2.24) is 10.9 Å². The number of aryl methyl sites for hydroxylation is 1. The molecule has 0 spiro atoms. The molecule has 27 heavy (non-hydrogen) atoms. The van der Waals surface area contributed by atoms with Crippen molar-refractivity contribution in [2.24, 2.45) is 0 Å². The Labute approximate surface area is 161 Å². The van der Waals surface area contributed by atoms with Crippen LogP contribution in [0.5, 0.6) is 5.75 Å². The van der Waals surface area contributed by atoms with Gasteiger partial charge >= 0.3 is 5.91 Å². The molecule has 6 nitrogen and oxygen atoms in total. The van der Waals surface area contributed by atoms with Gasteiger partial charge in [-0.15, -0.1) is 0 Å². The van der Waals surface area contributed by atoms with Crippen LogP contribution in [-0.2, 0) is 4.79 Å². The molecule has 0 atom stereocenters.